The van der Waals surface area contributed by atoms with E-state index in [4.69, 9.17) is 4.74 Å². The van der Waals surface area contributed by atoms with E-state index in [1.165, 1.54) is 6.92 Å². The third-order valence-corrected chi connectivity index (χ3v) is 5.00. The smallest absolute Gasteiger partial charge is 0.311 e. The molecule has 0 bridgehead atoms. The Morgan fingerprint density at radius 1 is 1.00 bits per heavy atom. The van der Waals surface area contributed by atoms with Gasteiger partial charge >= 0.3 is 5.97 Å². The molecule has 1 aliphatic rings. The number of carbonyl (C=O) groups excluding carboxylic acids is 4. The van der Waals surface area contributed by atoms with Crippen LogP contribution in [0.25, 0.3) is 0 Å². The zero-order valence-electron chi connectivity index (χ0n) is 17.7. The minimum atomic E-state index is -0.615. The maximum Gasteiger partial charge on any atom is 0.311 e. The molecule has 3 amide bonds. The zero-order valence-corrected chi connectivity index (χ0v) is 17.7. The van der Waals surface area contributed by atoms with Crippen molar-refractivity contribution in [3.05, 3.63) is 53.6 Å². The Balaban J connectivity index is 1.52. The van der Waals surface area contributed by atoms with Crippen LogP contribution in [0.3, 0.4) is 0 Å². The number of anilines is 3. The summed E-state index contributed by atoms with van der Waals surface area (Å²) in [6.07, 6.45) is 0.0544. The number of nitrogens with zero attached hydrogens (tertiary/aromatic N) is 1. The fourth-order valence-electron chi connectivity index (χ4n) is 3.60. The summed E-state index contributed by atoms with van der Waals surface area (Å²) in [6.45, 7) is 5.04. The number of carbonyl (C=O) groups is 4. The van der Waals surface area contributed by atoms with Crippen molar-refractivity contribution in [2.24, 2.45) is 5.92 Å². The highest BCUT2D eigenvalue weighted by molar-refractivity contribution is 6.01. The first-order valence-corrected chi connectivity index (χ1v) is 9.95. The Morgan fingerprint density at radius 3 is 2.16 bits per heavy atom. The number of hydrogen-bond donors (Lipinski definition) is 2. The summed E-state index contributed by atoms with van der Waals surface area (Å²) in [4.78, 5) is 49.7. The lowest BCUT2D eigenvalue weighted by Crippen LogP contribution is -2.29. The number of aryl methyl sites for hydroxylation is 2. The van der Waals surface area contributed by atoms with E-state index in [1.54, 1.807) is 29.2 Å². The van der Waals surface area contributed by atoms with E-state index in [2.05, 4.69) is 10.6 Å². The van der Waals surface area contributed by atoms with Gasteiger partial charge in [0.25, 0.3) is 5.91 Å². The Hall–Kier alpha value is -3.68. The van der Waals surface area contributed by atoms with Crippen molar-refractivity contribution in [1.82, 2.24) is 0 Å². The van der Waals surface area contributed by atoms with Gasteiger partial charge in [0.05, 0.1) is 5.92 Å². The Labute approximate surface area is 180 Å². The second-order valence-electron chi connectivity index (χ2n) is 7.56. The van der Waals surface area contributed by atoms with Crippen LogP contribution in [-0.4, -0.2) is 36.8 Å². The SMILES string of the molecule is CC(=O)Nc1ccc(NC(=O)COC(=O)[C@H]2CC(=O)N(c3c(C)cccc3C)C2)cc1. The van der Waals surface area contributed by atoms with Gasteiger partial charge in [0.2, 0.25) is 11.8 Å². The molecule has 2 N–H and O–H groups in total. The summed E-state index contributed by atoms with van der Waals surface area (Å²) < 4.78 is 5.14. The van der Waals surface area contributed by atoms with Crippen molar-refractivity contribution in [2.45, 2.75) is 27.2 Å². The average Bonchev–Trinajstić information content (AvgIpc) is 3.08. The van der Waals surface area contributed by atoms with Crippen molar-refractivity contribution in [3.63, 3.8) is 0 Å². The maximum absolute atomic E-state index is 12.5. The third-order valence-electron chi connectivity index (χ3n) is 5.00. The second kappa shape index (κ2) is 9.42. The monoisotopic (exact) mass is 423 g/mol. The van der Waals surface area contributed by atoms with Gasteiger partial charge in [0.1, 0.15) is 0 Å². The first-order chi connectivity index (χ1) is 14.7. The van der Waals surface area contributed by atoms with Crippen LogP contribution in [0.4, 0.5) is 17.1 Å². The van der Waals surface area contributed by atoms with Crippen molar-refractivity contribution >= 4 is 40.8 Å². The summed E-state index contributed by atoms with van der Waals surface area (Å²) >= 11 is 0. The highest BCUT2D eigenvalue weighted by Crippen LogP contribution is 2.31. The molecule has 1 aliphatic heterocycles. The molecule has 0 unspecified atom stereocenters. The molecule has 1 saturated heterocycles. The largest absolute Gasteiger partial charge is 0.455 e. The molecule has 8 heteroatoms. The molecule has 1 fully saturated rings. The Kier molecular flexibility index (Phi) is 6.69. The molecule has 1 heterocycles. The van der Waals surface area contributed by atoms with E-state index in [9.17, 15) is 19.2 Å². The molecule has 2 aromatic rings. The van der Waals surface area contributed by atoms with Crippen LogP contribution >= 0.6 is 0 Å². The number of hydrogen-bond acceptors (Lipinski definition) is 5. The first kappa shape index (κ1) is 22.0. The van der Waals surface area contributed by atoms with Crippen LogP contribution < -0.4 is 15.5 Å². The highest BCUT2D eigenvalue weighted by Gasteiger charge is 2.37. The summed E-state index contributed by atoms with van der Waals surface area (Å²) in [7, 11) is 0. The topological polar surface area (TPSA) is 105 Å². The molecule has 0 aliphatic carbocycles. The van der Waals surface area contributed by atoms with Gasteiger partial charge in [-0.25, -0.2) is 0 Å². The molecule has 2 aromatic carbocycles. The average molecular weight is 423 g/mol. The van der Waals surface area contributed by atoms with Gasteiger partial charge in [0, 0.05) is 37.0 Å². The lowest BCUT2D eigenvalue weighted by atomic mass is 10.1. The third kappa shape index (κ3) is 5.48. The minimum Gasteiger partial charge on any atom is -0.455 e. The molecular formula is C23H25N3O5. The number of benzene rings is 2. The van der Waals surface area contributed by atoms with Gasteiger partial charge in [0.15, 0.2) is 6.61 Å². The highest BCUT2D eigenvalue weighted by atomic mass is 16.5. The van der Waals surface area contributed by atoms with E-state index < -0.39 is 24.4 Å². The molecule has 8 nitrogen and oxygen atoms in total. The second-order valence-corrected chi connectivity index (χ2v) is 7.56. The van der Waals surface area contributed by atoms with Crippen LogP contribution in [0, 0.1) is 19.8 Å². The van der Waals surface area contributed by atoms with E-state index >= 15 is 0 Å². The number of rotatable bonds is 6. The summed E-state index contributed by atoms with van der Waals surface area (Å²) in [5.41, 5.74) is 3.87. The summed E-state index contributed by atoms with van der Waals surface area (Å²) in [5, 5.41) is 5.25. The lowest BCUT2D eigenvalue weighted by molar-refractivity contribution is -0.151. The standard InChI is InChI=1S/C23H25N3O5/c1-14-5-4-6-15(2)22(14)26-12-17(11-21(26)29)23(30)31-13-20(28)25-19-9-7-18(8-10-19)24-16(3)27/h4-10,17H,11-13H2,1-3H3,(H,24,27)(H,25,28)/t17-/m0/s1. The van der Waals surface area contributed by atoms with Crippen LogP contribution in [0.15, 0.2) is 42.5 Å². The van der Waals surface area contributed by atoms with E-state index in [-0.39, 0.29) is 24.8 Å². The number of amides is 3. The van der Waals surface area contributed by atoms with Gasteiger partial charge in [-0.2, -0.15) is 0 Å². The first-order valence-electron chi connectivity index (χ1n) is 9.95. The molecule has 0 aromatic heterocycles. The minimum absolute atomic E-state index is 0.0544. The summed E-state index contributed by atoms with van der Waals surface area (Å²) in [6, 6.07) is 12.3. The van der Waals surface area contributed by atoms with Crippen molar-refractivity contribution in [1.29, 1.82) is 0 Å². The zero-order chi connectivity index (χ0) is 22.5. The van der Waals surface area contributed by atoms with E-state index in [1.807, 2.05) is 32.0 Å². The van der Waals surface area contributed by atoms with Gasteiger partial charge in [-0.15, -0.1) is 0 Å². The van der Waals surface area contributed by atoms with Gasteiger partial charge in [-0.05, 0) is 49.2 Å². The number of ether oxygens (including phenoxy) is 1. The summed E-state index contributed by atoms with van der Waals surface area (Å²) in [5.74, 6) is -2.00. The number of esters is 1. The lowest BCUT2D eigenvalue weighted by Gasteiger charge is -2.21. The van der Waals surface area contributed by atoms with Crippen molar-refractivity contribution in [2.75, 3.05) is 28.7 Å². The van der Waals surface area contributed by atoms with Crippen LogP contribution in [0.5, 0.6) is 0 Å². The van der Waals surface area contributed by atoms with Crippen LogP contribution in [-0.2, 0) is 23.9 Å². The van der Waals surface area contributed by atoms with E-state index in [0.717, 1.165) is 16.8 Å². The molecule has 0 saturated carbocycles. The van der Waals surface area contributed by atoms with Crippen LogP contribution in [0.2, 0.25) is 0 Å². The van der Waals surface area contributed by atoms with Crippen molar-refractivity contribution in [3.8, 4) is 0 Å². The van der Waals surface area contributed by atoms with Crippen molar-refractivity contribution < 1.29 is 23.9 Å². The Bertz CT molecular complexity index is 996. The normalized spacial score (nSPS) is 15.5. The van der Waals surface area contributed by atoms with Gasteiger partial charge in [-0.3, -0.25) is 19.2 Å². The molecule has 3 rings (SSSR count). The quantitative estimate of drug-likeness (QED) is 0.695. The number of para-hydroxylation sites is 1. The fraction of sp³-hybridized carbons (Fsp3) is 0.304. The Morgan fingerprint density at radius 2 is 1.58 bits per heavy atom. The van der Waals surface area contributed by atoms with Gasteiger partial charge < -0.3 is 20.3 Å². The van der Waals surface area contributed by atoms with E-state index in [0.29, 0.717) is 11.4 Å². The maximum atomic E-state index is 12.5. The molecule has 0 spiro atoms. The predicted octanol–water partition coefficient (Wildman–Crippen LogP) is 2.80. The molecular weight excluding hydrogens is 398 g/mol. The predicted molar refractivity (Wildman–Crippen MR) is 117 cm³/mol. The van der Waals surface area contributed by atoms with Gasteiger partial charge in [-0.1, -0.05) is 18.2 Å². The fourth-order valence-corrected chi connectivity index (χ4v) is 3.60. The number of nitrogens with one attached hydrogen (secondary N) is 2. The molecule has 0 radical (unpaired) electrons. The molecule has 1 atom stereocenters. The van der Waals surface area contributed by atoms with Crippen LogP contribution in [0.1, 0.15) is 24.5 Å². The molecule has 162 valence electrons. The molecule has 31 heavy (non-hydrogen) atoms.